The molecule has 2 nitrogen and oxygen atoms in total. The fraction of sp³-hybridized carbons (Fsp3) is 0.174. The van der Waals surface area contributed by atoms with Gasteiger partial charge in [0.25, 0.3) is 0 Å². The Morgan fingerprint density at radius 2 is 1.27 bits per heavy atom. The summed E-state index contributed by atoms with van der Waals surface area (Å²) in [4.78, 5) is 15.1. The second kappa shape index (κ2) is 8.54. The smallest absolute Gasteiger partial charge is 0.179 e. The quantitative estimate of drug-likeness (QED) is 0.554. The third-order valence-corrected chi connectivity index (χ3v) is 4.51. The average Bonchev–Trinajstić information content (AvgIpc) is 2.68. The summed E-state index contributed by atoms with van der Waals surface area (Å²) in [6.07, 6.45) is 0. The number of hydrogen-bond donors (Lipinski definition) is 0. The average molecular weight is 347 g/mol. The minimum absolute atomic E-state index is 0.00291. The number of benzene rings is 3. The van der Waals surface area contributed by atoms with Crippen molar-refractivity contribution in [1.29, 1.82) is 0 Å². The van der Waals surface area contributed by atoms with E-state index in [2.05, 4.69) is 29.2 Å². The van der Waals surface area contributed by atoms with Gasteiger partial charge in [-0.25, -0.2) is 4.39 Å². The molecular weight excluding hydrogens is 325 g/mol. The van der Waals surface area contributed by atoms with E-state index in [1.165, 1.54) is 12.1 Å². The molecule has 0 bridgehead atoms. The van der Waals surface area contributed by atoms with E-state index in [4.69, 9.17) is 0 Å². The maximum Gasteiger partial charge on any atom is 0.179 e. The first-order chi connectivity index (χ1) is 12.6. The van der Waals surface area contributed by atoms with Gasteiger partial charge < -0.3 is 0 Å². The summed E-state index contributed by atoms with van der Waals surface area (Å²) in [7, 11) is 0. The van der Waals surface area contributed by atoms with E-state index in [1.807, 2.05) is 43.3 Å². The number of nitrogens with zero attached hydrogens (tertiary/aromatic N) is 1. The highest BCUT2D eigenvalue weighted by molar-refractivity contribution is 5.99. The number of hydrogen-bond acceptors (Lipinski definition) is 2. The molecule has 0 aromatic heterocycles. The Morgan fingerprint density at radius 1 is 0.808 bits per heavy atom. The lowest BCUT2D eigenvalue weighted by Gasteiger charge is -2.28. The Labute approximate surface area is 153 Å². The highest BCUT2D eigenvalue weighted by Gasteiger charge is 2.23. The Morgan fingerprint density at radius 3 is 1.73 bits per heavy atom. The zero-order valence-electron chi connectivity index (χ0n) is 14.8. The summed E-state index contributed by atoms with van der Waals surface area (Å²) >= 11 is 0. The fourth-order valence-electron chi connectivity index (χ4n) is 2.99. The van der Waals surface area contributed by atoms with Crippen molar-refractivity contribution in [3.8, 4) is 0 Å². The van der Waals surface area contributed by atoms with Crippen molar-refractivity contribution in [2.45, 2.75) is 26.1 Å². The lowest BCUT2D eigenvalue weighted by Crippen LogP contribution is -2.38. The van der Waals surface area contributed by atoms with Crippen LogP contribution < -0.4 is 0 Å². The van der Waals surface area contributed by atoms with Gasteiger partial charge in [0, 0.05) is 18.7 Å². The third kappa shape index (κ3) is 4.64. The molecule has 26 heavy (non-hydrogen) atoms. The molecule has 0 radical (unpaired) electrons. The second-order valence-corrected chi connectivity index (χ2v) is 6.42. The lowest BCUT2D eigenvalue weighted by molar-refractivity contribution is 0.0816. The largest absolute Gasteiger partial charge is 0.292 e. The standard InChI is InChI=1S/C23H22FNO/c1-18(23(26)21-12-14-22(24)15-13-21)25(16-19-8-4-2-5-9-19)17-20-10-6-3-7-11-20/h2-15,18H,16-17H2,1H3. The summed E-state index contributed by atoms with van der Waals surface area (Å²) < 4.78 is 13.2. The summed E-state index contributed by atoms with van der Waals surface area (Å²) in [5, 5.41) is 0. The highest BCUT2D eigenvalue weighted by atomic mass is 19.1. The number of halogens is 1. The van der Waals surface area contributed by atoms with E-state index in [0.717, 1.165) is 11.1 Å². The van der Waals surface area contributed by atoms with Crippen LogP contribution in [0.25, 0.3) is 0 Å². The van der Waals surface area contributed by atoms with Crippen LogP contribution in [0.3, 0.4) is 0 Å². The van der Waals surface area contributed by atoms with Gasteiger partial charge in [-0.3, -0.25) is 9.69 Å². The Hall–Kier alpha value is -2.78. The fourth-order valence-corrected chi connectivity index (χ4v) is 2.99. The molecule has 0 aliphatic carbocycles. The first-order valence-electron chi connectivity index (χ1n) is 8.75. The zero-order valence-corrected chi connectivity index (χ0v) is 14.8. The van der Waals surface area contributed by atoms with E-state index < -0.39 is 0 Å². The topological polar surface area (TPSA) is 20.3 Å². The van der Waals surface area contributed by atoms with Crippen molar-refractivity contribution in [2.75, 3.05) is 0 Å². The molecule has 3 aromatic rings. The normalized spacial score (nSPS) is 12.1. The molecule has 0 fully saturated rings. The SMILES string of the molecule is CC(C(=O)c1ccc(F)cc1)N(Cc1ccccc1)Cc1ccccc1. The van der Waals surface area contributed by atoms with Crippen molar-refractivity contribution in [3.05, 3.63) is 107 Å². The van der Waals surface area contributed by atoms with Crippen LogP contribution in [0.15, 0.2) is 84.9 Å². The molecule has 0 aliphatic heterocycles. The molecule has 3 rings (SSSR count). The molecule has 0 amide bonds. The highest BCUT2D eigenvalue weighted by Crippen LogP contribution is 2.17. The van der Waals surface area contributed by atoms with E-state index >= 15 is 0 Å². The Kier molecular flexibility index (Phi) is 5.92. The number of Topliss-reactive ketones (excluding diaryl/α,β-unsaturated/α-hetero) is 1. The lowest BCUT2D eigenvalue weighted by atomic mass is 10.0. The van der Waals surface area contributed by atoms with Gasteiger partial charge in [-0.15, -0.1) is 0 Å². The summed E-state index contributed by atoms with van der Waals surface area (Å²) in [5.74, 6) is -0.337. The maximum absolute atomic E-state index is 13.2. The van der Waals surface area contributed by atoms with Crippen LogP contribution in [0.2, 0.25) is 0 Å². The molecule has 0 saturated carbocycles. The van der Waals surface area contributed by atoms with Gasteiger partial charge in [0.05, 0.1) is 6.04 Å². The summed E-state index contributed by atoms with van der Waals surface area (Å²) in [6, 6.07) is 25.7. The Balaban J connectivity index is 1.83. The second-order valence-electron chi connectivity index (χ2n) is 6.42. The zero-order chi connectivity index (χ0) is 18.4. The van der Waals surface area contributed by atoms with E-state index in [1.54, 1.807) is 12.1 Å². The van der Waals surface area contributed by atoms with Crippen LogP contribution in [0.4, 0.5) is 4.39 Å². The molecule has 132 valence electrons. The van der Waals surface area contributed by atoms with Crippen LogP contribution in [0.5, 0.6) is 0 Å². The third-order valence-electron chi connectivity index (χ3n) is 4.51. The minimum atomic E-state index is -0.334. The van der Waals surface area contributed by atoms with E-state index in [-0.39, 0.29) is 17.6 Å². The minimum Gasteiger partial charge on any atom is -0.292 e. The molecule has 0 N–H and O–H groups in total. The van der Waals surface area contributed by atoms with Crippen molar-refractivity contribution < 1.29 is 9.18 Å². The molecular formula is C23H22FNO. The molecule has 1 unspecified atom stereocenters. The van der Waals surface area contributed by atoms with Crippen LogP contribution in [-0.4, -0.2) is 16.7 Å². The van der Waals surface area contributed by atoms with Crippen LogP contribution in [0, 0.1) is 5.82 Å². The number of rotatable bonds is 7. The number of carbonyl (C=O) groups excluding carboxylic acids is 1. The number of ketones is 1. The first-order valence-corrected chi connectivity index (χ1v) is 8.75. The monoisotopic (exact) mass is 347 g/mol. The van der Waals surface area contributed by atoms with Gasteiger partial charge in [0.15, 0.2) is 5.78 Å². The van der Waals surface area contributed by atoms with Gasteiger partial charge in [-0.05, 0) is 42.3 Å². The van der Waals surface area contributed by atoms with E-state index in [0.29, 0.717) is 18.7 Å². The first kappa shape index (κ1) is 18.0. The van der Waals surface area contributed by atoms with Gasteiger partial charge in [0.2, 0.25) is 0 Å². The van der Waals surface area contributed by atoms with Gasteiger partial charge in [-0.2, -0.15) is 0 Å². The molecule has 0 heterocycles. The predicted octanol–water partition coefficient (Wildman–Crippen LogP) is 5.10. The Bertz CT molecular complexity index is 790. The molecule has 1 atom stereocenters. The number of carbonyl (C=O) groups is 1. The van der Waals surface area contributed by atoms with Gasteiger partial charge in [0.1, 0.15) is 5.82 Å². The molecule has 3 heteroatoms. The molecule has 0 aliphatic rings. The van der Waals surface area contributed by atoms with Crippen LogP contribution in [0.1, 0.15) is 28.4 Å². The van der Waals surface area contributed by atoms with Crippen molar-refractivity contribution in [3.63, 3.8) is 0 Å². The molecule has 3 aromatic carbocycles. The van der Waals surface area contributed by atoms with Crippen LogP contribution >= 0.6 is 0 Å². The maximum atomic E-state index is 13.2. The van der Waals surface area contributed by atoms with Crippen molar-refractivity contribution in [2.24, 2.45) is 0 Å². The van der Waals surface area contributed by atoms with Crippen molar-refractivity contribution in [1.82, 2.24) is 4.90 Å². The summed E-state index contributed by atoms with van der Waals surface area (Å²) in [6.45, 7) is 3.26. The predicted molar refractivity (Wildman–Crippen MR) is 102 cm³/mol. The van der Waals surface area contributed by atoms with Gasteiger partial charge >= 0.3 is 0 Å². The van der Waals surface area contributed by atoms with Crippen LogP contribution in [-0.2, 0) is 13.1 Å². The molecule has 0 spiro atoms. The van der Waals surface area contributed by atoms with Crippen molar-refractivity contribution >= 4 is 5.78 Å². The van der Waals surface area contributed by atoms with E-state index in [9.17, 15) is 9.18 Å². The van der Waals surface area contributed by atoms with Gasteiger partial charge in [-0.1, -0.05) is 60.7 Å². The molecule has 0 saturated heterocycles. The summed E-state index contributed by atoms with van der Waals surface area (Å²) in [5.41, 5.74) is 2.84.